The second-order valence-corrected chi connectivity index (χ2v) is 9.94. The predicted octanol–water partition coefficient (Wildman–Crippen LogP) is 2.99. The highest BCUT2D eigenvalue weighted by Gasteiger charge is 2.34. The van der Waals surface area contributed by atoms with Crippen LogP contribution in [0.3, 0.4) is 0 Å². The molecule has 1 aliphatic heterocycles. The summed E-state index contributed by atoms with van der Waals surface area (Å²) in [4.78, 5) is 12.6. The number of amides is 1. The molecule has 2 aliphatic rings. The van der Waals surface area contributed by atoms with E-state index in [2.05, 4.69) is 5.32 Å². The van der Waals surface area contributed by atoms with E-state index in [-0.39, 0.29) is 17.9 Å². The quantitative estimate of drug-likeness (QED) is 0.829. The number of carbonyl (C=O) groups excluding carboxylic acids is 1. The van der Waals surface area contributed by atoms with E-state index in [1.807, 2.05) is 0 Å². The molecule has 1 aromatic rings. The Morgan fingerprint density at radius 1 is 1.12 bits per heavy atom. The van der Waals surface area contributed by atoms with Gasteiger partial charge in [0, 0.05) is 19.1 Å². The van der Waals surface area contributed by atoms with Crippen LogP contribution in [0.15, 0.2) is 21.7 Å². The Morgan fingerprint density at radius 2 is 1.88 bits per heavy atom. The van der Waals surface area contributed by atoms with Crippen molar-refractivity contribution in [2.24, 2.45) is 5.92 Å². The Hall–Kier alpha value is -0.920. The normalized spacial score (nSPS) is 24.4. The van der Waals surface area contributed by atoms with Crippen molar-refractivity contribution in [2.45, 2.75) is 61.6 Å². The van der Waals surface area contributed by atoms with Gasteiger partial charge in [-0.2, -0.15) is 4.31 Å². The molecule has 1 atom stereocenters. The lowest BCUT2D eigenvalue weighted by atomic mass is 9.97. The average molecular weight is 371 g/mol. The number of rotatable bonds is 4. The van der Waals surface area contributed by atoms with Crippen LogP contribution in [0, 0.1) is 5.92 Å². The van der Waals surface area contributed by atoms with Crippen molar-refractivity contribution in [1.82, 2.24) is 9.62 Å². The first-order valence-corrected chi connectivity index (χ1v) is 11.2. The molecule has 24 heavy (non-hydrogen) atoms. The number of thiophene rings is 1. The van der Waals surface area contributed by atoms with Gasteiger partial charge in [-0.15, -0.1) is 11.3 Å². The summed E-state index contributed by atoms with van der Waals surface area (Å²) in [6.45, 7) is 0.812. The zero-order valence-electron chi connectivity index (χ0n) is 13.9. The van der Waals surface area contributed by atoms with Crippen molar-refractivity contribution in [1.29, 1.82) is 0 Å². The fraction of sp³-hybridized carbons (Fsp3) is 0.706. The fourth-order valence-electron chi connectivity index (χ4n) is 3.65. The minimum absolute atomic E-state index is 0.0352. The van der Waals surface area contributed by atoms with Crippen LogP contribution in [0.5, 0.6) is 0 Å². The minimum Gasteiger partial charge on any atom is -0.353 e. The number of nitrogens with one attached hydrogen (secondary N) is 1. The third kappa shape index (κ3) is 4.18. The van der Waals surface area contributed by atoms with Gasteiger partial charge in [0.05, 0.1) is 5.92 Å². The van der Waals surface area contributed by atoms with Gasteiger partial charge in [0.15, 0.2) is 0 Å². The SMILES string of the molecule is O=C(NC1CCCCCC1)[C@H]1CCCN(S(=O)(=O)c2cccs2)C1. The number of hydrogen-bond acceptors (Lipinski definition) is 4. The van der Waals surface area contributed by atoms with E-state index in [4.69, 9.17) is 0 Å². The second-order valence-electron chi connectivity index (χ2n) is 6.83. The van der Waals surface area contributed by atoms with E-state index in [9.17, 15) is 13.2 Å². The van der Waals surface area contributed by atoms with Crippen LogP contribution >= 0.6 is 11.3 Å². The molecule has 0 unspecified atom stereocenters. The highest BCUT2D eigenvalue weighted by Crippen LogP contribution is 2.27. The van der Waals surface area contributed by atoms with Gasteiger partial charge < -0.3 is 5.32 Å². The van der Waals surface area contributed by atoms with E-state index < -0.39 is 10.0 Å². The maximum absolute atomic E-state index is 12.7. The van der Waals surface area contributed by atoms with Gasteiger partial charge in [-0.25, -0.2) is 8.42 Å². The molecule has 2 heterocycles. The number of nitrogens with zero attached hydrogens (tertiary/aromatic N) is 1. The molecule has 7 heteroatoms. The van der Waals surface area contributed by atoms with Crippen LogP contribution < -0.4 is 5.32 Å². The van der Waals surface area contributed by atoms with Crippen LogP contribution in [-0.4, -0.2) is 37.8 Å². The summed E-state index contributed by atoms with van der Waals surface area (Å²) in [7, 11) is -3.45. The summed E-state index contributed by atoms with van der Waals surface area (Å²) in [6.07, 6.45) is 8.47. The Morgan fingerprint density at radius 3 is 2.54 bits per heavy atom. The molecule has 1 aromatic heterocycles. The van der Waals surface area contributed by atoms with Crippen molar-refractivity contribution in [2.75, 3.05) is 13.1 Å². The van der Waals surface area contributed by atoms with Gasteiger partial charge in [0.1, 0.15) is 4.21 Å². The molecule has 1 saturated heterocycles. The standard InChI is InChI=1S/C17H26N2O3S2/c20-17(18-15-8-3-1-2-4-9-15)14-7-5-11-19(13-14)24(21,22)16-10-6-12-23-16/h6,10,12,14-15H,1-5,7-9,11,13H2,(H,18,20)/t14-/m0/s1. The summed E-state index contributed by atoms with van der Waals surface area (Å²) in [5, 5.41) is 4.95. The predicted molar refractivity (Wildman–Crippen MR) is 95.4 cm³/mol. The molecule has 0 aromatic carbocycles. The summed E-state index contributed by atoms with van der Waals surface area (Å²) in [5.74, 6) is -0.190. The highest BCUT2D eigenvalue weighted by molar-refractivity contribution is 7.91. The number of hydrogen-bond donors (Lipinski definition) is 1. The van der Waals surface area contributed by atoms with E-state index in [1.54, 1.807) is 17.5 Å². The maximum atomic E-state index is 12.7. The van der Waals surface area contributed by atoms with Crippen molar-refractivity contribution in [3.8, 4) is 0 Å². The Labute approximate surface area is 148 Å². The number of sulfonamides is 1. The Balaban J connectivity index is 1.61. The zero-order valence-corrected chi connectivity index (χ0v) is 15.6. The summed E-state index contributed by atoms with van der Waals surface area (Å²) < 4.78 is 27.2. The molecular formula is C17H26N2O3S2. The highest BCUT2D eigenvalue weighted by atomic mass is 32.2. The van der Waals surface area contributed by atoms with Crippen LogP contribution in [0.1, 0.15) is 51.4 Å². The van der Waals surface area contributed by atoms with E-state index in [1.165, 1.54) is 41.3 Å². The van der Waals surface area contributed by atoms with Gasteiger partial charge >= 0.3 is 0 Å². The topological polar surface area (TPSA) is 66.5 Å². The molecule has 2 fully saturated rings. The molecule has 5 nitrogen and oxygen atoms in total. The van der Waals surface area contributed by atoms with Crippen LogP contribution in [-0.2, 0) is 14.8 Å². The van der Waals surface area contributed by atoms with Gasteiger partial charge in [-0.3, -0.25) is 4.79 Å². The molecule has 1 N–H and O–H groups in total. The van der Waals surface area contributed by atoms with E-state index in [0.717, 1.165) is 25.7 Å². The molecule has 0 spiro atoms. The minimum atomic E-state index is -3.45. The first kappa shape index (κ1) is 17.9. The summed E-state index contributed by atoms with van der Waals surface area (Å²) in [5.41, 5.74) is 0. The third-order valence-corrected chi connectivity index (χ3v) is 8.28. The monoisotopic (exact) mass is 370 g/mol. The Kier molecular flexibility index (Phi) is 5.94. The molecule has 1 amide bonds. The maximum Gasteiger partial charge on any atom is 0.252 e. The lowest BCUT2D eigenvalue weighted by molar-refractivity contribution is -0.126. The molecular weight excluding hydrogens is 344 g/mol. The van der Waals surface area contributed by atoms with Crippen molar-refractivity contribution in [3.63, 3.8) is 0 Å². The Bertz CT molecular complexity index is 635. The fourth-order valence-corrected chi connectivity index (χ4v) is 6.32. The lowest BCUT2D eigenvalue weighted by Crippen LogP contribution is -2.47. The largest absolute Gasteiger partial charge is 0.353 e. The van der Waals surface area contributed by atoms with E-state index in [0.29, 0.717) is 17.3 Å². The van der Waals surface area contributed by atoms with Crippen LogP contribution in [0.2, 0.25) is 0 Å². The zero-order chi connectivity index (χ0) is 17.0. The third-order valence-electron chi connectivity index (χ3n) is 5.05. The smallest absolute Gasteiger partial charge is 0.252 e. The second kappa shape index (κ2) is 7.97. The van der Waals surface area contributed by atoms with Crippen LogP contribution in [0.4, 0.5) is 0 Å². The first-order valence-electron chi connectivity index (χ1n) is 8.91. The molecule has 134 valence electrons. The summed E-state index contributed by atoms with van der Waals surface area (Å²) >= 11 is 1.23. The molecule has 1 aliphatic carbocycles. The lowest BCUT2D eigenvalue weighted by Gasteiger charge is -2.31. The van der Waals surface area contributed by atoms with Crippen molar-refractivity contribution >= 4 is 27.3 Å². The van der Waals surface area contributed by atoms with Crippen molar-refractivity contribution in [3.05, 3.63) is 17.5 Å². The molecule has 0 bridgehead atoms. The first-order chi connectivity index (χ1) is 11.6. The van der Waals surface area contributed by atoms with E-state index >= 15 is 0 Å². The van der Waals surface area contributed by atoms with Gasteiger partial charge in [-0.05, 0) is 37.1 Å². The molecule has 0 radical (unpaired) electrons. The summed E-state index contributed by atoms with van der Waals surface area (Å²) in [6, 6.07) is 3.65. The molecule has 3 rings (SSSR count). The average Bonchev–Trinajstić information content (AvgIpc) is 3.02. The molecule has 1 saturated carbocycles. The van der Waals surface area contributed by atoms with Gasteiger partial charge in [-0.1, -0.05) is 31.7 Å². The van der Waals surface area contributed by atoms with Crippen molar-refractivity contribution < 1.29 is 13.2 Å². The van der Waals surface area contributed by atoms with Gasteiger partial charge in [0.25, 0.3) is 10.0 Å². The van der Waals surface area contributed by atoms with Crippen LogP contribution in [0.25, 0.3) is 0 Å². The number of carbonyl (C=O) groups is 1. The number of piperidine rings is 1. The van der Waals surface area contributed by atoms with Gasteiger partial charge in [0.2, 0.25) is 5.91 Å².